The number of allylic oxidation sites excluding steroid dienone is 3. The molecule has 3 aromatic rings. The Morgan fingerprint density at radius 1 is 0.688 bits per heavy atom. The van der Waals surface area contributed by atoms with Crippen molar-refractivity contribution in [2.24, 2.45) is 0 Å². The van der Waals surface area contributed by atoms with Crippen LogP contribution in [-0.2, 0) is 11.1 Å². The molecule has 0 amide bonds. The fourth-order valence-corrected chi connectivity index (χ4v) is 4.23. The van der Waals surface area contributed by atoms with Crippen molar-refractivity contribution in [3.8, 4) is 0 Å². The van der Waals surface area contributed by atoms with Gasteiger partial charge in [-0.25, -0.2) is 0 Å². The summed E-state index contributed by atoms with van der Waals surface area (Å²) in [5, 5.41) is 3.68. The minimum atomic E-state index is -0.274. The van der Waals surface area contributed by atoms with Gasteiger partial charge < -0.3 is 10.2 Å². The van der Waals surface area contributed by atoms with Crippen LogP contribution in [0.3, 0.4) is 0 Å². The summed E-state index contributed by atoms with van der Waals surface area (Å²) in [6.07, 6.45) is 6.00. The highest BCUT2D eigenvalue weighted by Gasteiger charge is 2.31. The number of nitrogens with one attached hydrogen (secondary N) is 1. The van der Waals surface area contributed by atoms with E-state index in [1.165, 1.54) is 11.1 Å². The molecule has 0 aliphatic heterocycles. The Hall–Kier alpha value is -3.70. The van der Waals surface area contributed by atoms with Crippen LogP contribution in [0.5, 0.6) is 0 Å². The molecule has 4 rings (SSSR count). The molecule has 2 nitrogen and oxygen atoms in total. The predicted octanol–water partition coefficient (Wildman–Crippen LogP) is 7.54. The van der Waals surface area contributed by atoms with Crippen molar-refractivity contribution in [2.45, 2.75) is 38.8 Å². The van der Waals surface area contributed by atoms with Crippen molar-refractivity contribution >= 4 is 11.4 Å². The second-order valence-corrected chi connectivity index (χ2v) is 9.11. The highest BCUT2D eigenvalue weighted by Crippen LogP contribution is 2.37. The van der Waals surface area contributed by atoms with Crippen LogP contribution in [0.2, 0.25) is 0 Å². The number of hydrogen-bond donors (Lipinski definition) is 1. The monoisotopic (exact) mass is 418 g/mol. The molecule has 0 fully saturated rings. The molecule has 0 saturated heterocycles. The fraction of sp³-hybridized carbons (Fsp3) is 0.200. The van der Waals surface area contributed by atoms with Gasteiger partial charge in [-0.3, -0.25) is 0 Å². The Bertz CT molecular complexity index is 1190. The van der Waals surface area contributed by atoms with Crippen LogP contribution in [0.1, 0.15) is 38.8 Å². The molecule has 0 spiro atoms. The Labute approximate surface area is 191 Å². The number of benzene rings is 3. The Morgan fingerprint density at radius 2 is 1.31 bits per heavy atom. The standard InChI is InChI=1S/C30H30N2/c1-29(2,24-14-8-5-9-15-24)31-26-22-20-25(21-23-26)30(3,4)32(27-16-10-6-11-17-27)28-18-12-7-13-19-28/h5-6,8-12,14-23,31H,1-4H3. The van der Waals surface area contributed by atoms with Gasteiger partial charge in [-0.05, 0) is 75.2 Å². The second kappa shape index (κ2) is 8.81. The maximum Gasteiger partial charge on any atom is 0.0646 e. The number of nitrogens with zero attached hydrogens (tertiary/aromatic N) is 1. The maximum atomic E-state index is 3.68. The van der Waals surface area contributed by atoms with Gasteiger partial charge in [0.25, 0.3) is 0 Å². The first-order chi connectivity index (χ1) is 15.4. The number of anilines is 2. The Morgan fingerprint density at radius 3 is 1.91 bits per heavy atom. The van der Waals surface area contributed by atoms with Gasteiger partial charge in [0.1, 0.15) is 0 Å². The van der Waals surface area contributed by atoms with Crippen LogP contribution in [0.25, 0.3) is 0 Å². The first-order valence-corrected chi connectivity index (χ1v) is 11.1. The summed E-state index contributed by atoms with van der Waals surface area (Å²) in [6.45, 7) is 8.93. The lowest BCUT2D eigenvalue weighted by Gasteiger charge is -2.41. The molecule has 0 bridgehead atoms. The highest BCUT2D eigenvalue weighted by molar-refractivity contribution is 5.60. The summed E-state index contributed by atoms with van der Waals surface area (Å²) in [7, 11) is 0. The van der Waals surface area contributed by atoms with Gasteiger partial charge in [0.05, 0.1) is 16.8 Å². The molecule has 0 radical (unpaired) electrons. The van der Waals surface area contributed by atoms with Crippen molar-refractivity contribution in [3.63, 3.8) is 0 Å². The molecule has 0 saturated carbocycles. The minimum absolute atomic E-state index is 0.162. The number of rotatable bonds is 7. The second-order valence-electron chi connectivity index (χ2n) is 9.11. The normalized spacial score (nSPS) is 13.1. The van der Waals surface area contributed by atoms with E-state index in [1.807, 2.05) is 12.2 Å². The van der Waals surface area contributed by atoms with E-state index in [9.17, 15) is 0 Å². The highest BCUT2D eigenvalue weighted by atomic mass is 15.2. The quantitative estimate of drug-likeness (QED) is 0.399. The van der Waals surface area contributed by atoms with Gasteiger partial charge >= 0.3 is 0 Å². The third-order valence-corrected chi connectivity index (χ3v) is 6.02. The van der Waals surface area contributed by atoms with Crippen LogP contribution < -0.4 is 10.2 Å². The predicted molar refractivity (Wildman–Crippen MR) is 136 cm³/mol. The third-order valence-electron chi connectivity index (χ3n) is 6.02. The lowest BCUT2D eigenvalue weighted by Crippen LogP contribution is -2.40. The van der Waals surface area contributed by atoms with E-state index in [0.29, 0.717) is 0 Å². The molecular formula is C30H30N2. The molecule has 1 aliphatic rings. The summed E-state index contributed by atoms with van der Waals surface area (Å²) in [5.41, 5.74) is 11.5. The molecular weight excluding hydrogens is 388 g/mol. The van der Waals surface area contributed by atoms with Gasteiger partial charge in [-0.2, -0.15) is 0 Å². The molecule has 1 aliphatic carbocycles. The van der Waals surface area contributed by atoms with E-state index in [2.05, 4.69) is 140 Å². The third kappa shape index (κ3) is 4.48. The Balaban J connectivity index is 1.63. The first kappa shape index (κ1) is 21.5. The molecule has 1 N–H and O–H groups in total. The van der Waals surface area contributed by atoms with Gasteiger partial charge in [0.15, 0.2) is 0 Å². The van der Waals surface area contributed by atoms with Crippen LogP contribution in [0.4, 0.5) is 11.4 Å². The first-order valence-electron chi connectivity index (χ1n) is 11.1. The summed E-state index contributed by atoms with van der Waals surface area (Å²) in [4.78, 5) is 2.35. The molecule has 0 aromatic heterocycles. The summed E-state index contributed by atoms with van der Waals surface area (Å²) >= 11 is 0. The number of hydrogen-bond acceptors (Lipinski definition) is 2. The average molecular weight is 419 g/mol. The lowest BCUT2D eigenvalue weighted by atomic mass is 9.89. The zero-order chi connectivity index (χ0) is 22.6. The van der Waals surface area contributed by atoms with E-state index < -0.39 is 0 Å². The molecule has 0 atom stereocenters. The molecule has 0 unspecified atom stereocenters. The maximum absolute atomic E-state index is 3.68. The summed E-state index contributed by atoms with van der Waals surface area (Å²) < 4.78 is 0. The van der Waals surface area contributed by atoms with Crippen LogP contribution in [0.15, 0.2) is 120 Å². The Kier molecular flexibility index (Phi) is 5.93. The molecule has 32 heavy (non-hydrogen) atoms. The van der Waals surface area contributed by atoms with E-state index in [0.717, 1.165) is 17.1 Å². The van der Waals surface area contributed by atoms with Crippen molar-refractivity contribution in [1.29, 1.82) is 0 Å². The summed E-state index contributed by atoms with van der Waals surface area (Å²) in [5.74, 6) is 0. The van der Waals surface area contributed by atoms with E-state index in [-0.39, 0.29) is 11.1 Å². The molecule has 2 heteroatoms. The summed E-state index contributed by atoms with van der Waals surface area (Å²) in [6, 6.07) is 29.9. The average Bonchev–Trinajstić information content (AvgIpc) is 2.81. The molecule has 3 aromatic carbocycles. The van der Waals surface area contributed by atoms with Gasteiger partial charge in [-0.1, -0.05) is 72.1 Å². The SMILES string of the molecule is CC(C)(Nc1ccc(C(C)(C)N(C2=CC=C=C=C2)c2ccccc2)cc1)c1ccccc1. The number of para-hydroxylation sites is 1. The molecule has 0 heterocycles. The largest absolute Gasteiger partial charge is 0.376 e. The van der Waals surface area contributed by atoms with E-state index in [1.54, 1.807) is 0 Å². The molecule has 160 valence electrons. The van der Waals surface area contributed by atoms with Crippen molar-refractivity contribution in [1.82, 2.24) is 0 Å². The topological polar surface area (TPSA) is 15.3 Å². The minimum Gasteiger partial charge on any atom is -0.376 e. The van der Waals surface area contributed by atoms with Gasteiger partial charge in [0.2, 0.25) is 0 Å². The lowest BCUT2D eigenvalue weighted by molar-refractivity contribution is 0.522. The van der Waals surface area contributed by atoms with E-state index in [4.69, 9.17) is 0 Å². The van der Waals surface area contributed by atoms with Crippen LogP contribution in [0, 0.1) is 0 Å². The zero-order valence-electron chi connectivity index (χ0n) is 19.3. The van der Waals surface area contributed by atoms with Crippen molar-refractivity contribution in [2.75, 3.05) is 10.2 Å². The fourth-order valence-electron chi connectivity index (χ4n) is 4.23. The van der Waals surface area contributed by atoms with E-state index >= 15 is 0 Å². The van der Waals surface area contributed by atoms with Gasteiger partial charge in [0, 0.05) is 17.5 Å². The van der Waals surface area contributed by atoms with Crippen molar-refractivity contribution in [3.05, 3.63) is 131 Å². The zero-order valence-corrected chi connectivity index (χ0v) is 19.3. The smallest absolute Gasteiger partial charge is 0.0646 e. The van der Waals surface area contributed by atoms with Crippen LogP contribution >= 0.6 is 0 Å². The van der Waals surface area contributed by atoms with Gasteiger partial charge in [-0.15, -0.1) is 0 Å². The van der Waals surface area contributed by atoms with Crippen molar-refractivity contribution < 1.29 is 0 Å². The van der Waals surface area contributed by atoms with Crippen LogP contribution in [-0.4, -0.2) is 0 Å².